The van der Waals surface area contributed by atoms with E-state index in [-0.39, 0.29) is 0 Å². The molecule has 4 aromatic carbocycles. The molecule has 0 heterocycles. The maximum absolute atomic E-state index is 4.93. The Bertz CT molecular complexity index is 1090. The van der Waals surface area contributed by atoms with Gasteiger partial charge in [0.1, 0.15) is 0 Å². The zero-order valence-electron chi connectivity index (χ0n) is 25.0. The van der Waals surface area contributed by atoms with E-state index in [9.17, 15) is 0 Å². The molecule has 0 spiro atoms. The molecule has 4 rings (SSSR count). The Labute approximate surface area is 255 Å². The van der Waals surface area contributed by atoms with Crippen molar-refractivity contribution in [2.45, 2.75) is 106 Å². The van der Waals surface area contributed by atoms with Crippen LogP contribution in [0.15, 0.2) is 48.5 Å². The first-order chi connectivity index (χ1) is 18.3. The number of halogens is 2. The predicted octanol–water partition coefficient (Wildman–Crippen LogP) is 11.7. The second-order valence-corrected chi connectivity index (χ2v) is 14.9. The van der Waals surface area contributed by atoms with E-state index in [0.29, 0.717) is 0 Å². The average Bonchev–Trinajstić information content (AvgIpc) is 3.43. The van der Waals surface area contributed by atoms with Gasteiger partial charge in [0, 0.05) is 9.52 Å². The molecular weight excluding hydrogens is 599 g/mol. The van der Waals surface area contributed by atoms with Crippen molar-refractivity contribution < 1.29 is 20.8 Å². The van der Waals surface area contributed by atoms with Crippen LogP contribution in [0.1, 0.15) is 86.8 Å². The van der Waals surface area contributed by atoms with Gasteiger partial charge < -0.3 is 0 Å². The molecule has 0 atom stereocenters. The fraction of sp³-hybridized carbons (Fsp3) is 0.471. The van der Waals surface area contributed by atoms with Crippen molar-refractivity contribution in [3.8, 4) is 0 Å². The number of hydrogen-bond donors (Lipinski definition) is 0. The van der Waals surface area contributed by atoms with Crippen LogP contribution in [0.25, 0.3) is 21.5 Å². The molecule has 38 heavy (non-hydrogen) atoms. The molecule has 0 aliphatic carbocycles. The molecule has 0 saturated carbocycles. The van der Waals surface area contributed by atoms with Crippen molar-refractivity contribution in [2.75, 3.05) is 0 Å². The number of hydrogen-bond acceptors (Lipinski definition) is 0. The van der Waals surface area contributed by atoms with Crippen molar-refractivity contribution in [1.82, 2.24) is 0 Å². The van der Waals surface area contributed by atoms with E-state index in [2.05, 4.69) is 103 Å². The standard InChI is InChI=1S/2C16H21.C2H6Si.2ClH.Zr/c2*1-4-6-13-10-14(7-5-2)16-9-12(3)8-15(16)11-13;1-3-2;;;/h2*8-11H,4-7H2,1-3H3;1-2H3;2*1H;/q2*-1;;;;+4/p-2. The van der Waals surface area contributed by atoms with Gasteiger partial charge in [-0.05, 0) is 25.7 Å². The zero-order valence-corrected chi connectivity index (χ0v) is 30.0. The minimum absolute atomic E-state index is 0.826. The van der Waals surface area contributed by atoms with Gasteiger partial charge in [-0.2, -0.15) is 12.1 Å². The SMILES string of the molecule is CCCc1cc(CCC)c2cc(C)[cH-]c2c1.CCCc1cc(CCC)c2cc(C)[cH-]c2c1.C[Si]C.[Cl][Zr+2][Cl]. The zero-order chi connectivity index (χ0) is 28.5. The van der Waals surface area contributed by atoms with Gasteiger partial charge in [0.25, 0.3) is 0 Å². The average molecular weight is 647 g/mol. The van der Waals surface area contributed by atoms with Gasteiger partial charge in [0.05, 0.1) is 0 Å². The van der Waals surface area contributed by atoms with Gasteiger partial charge in [-0.1, -0.05) is 115 Å². The first-order valence-electron chi connectivity index (χ1n) is 14.2. The van der Waals surface area contributed by atoms with Gasteiger partial charge in [-0.25, -0.2) is 0 Å². The van der Waals surface area contributed by atoms with Crippen LogP contribution < -0.4 is 0 Å². The maximum atomic E-state index is 4.93. The summed E-state index contributed by atoms with van der Waals surface area (Å²) in [7, 11) is 11.0. The van der Waals surface area contributed by atoms with Crippen LogP contribution in [0, 0.1) is 13.8 Å². The number of benzene rings is 2. The Morgan fingerprint density at radius 2 is 0.921 bits per heavy atom. The summed E-state index contributed by atoms with van der Waals surface area (Å²) in [6.45, 7) is 17.7. The van der Waals surface area contributed by atoms with Crippen molar-refractivity contribution >= 4 is 48.1 Å². The fourth-order valence-electron chi connectivity index (χ4n) is 5.05. The quantitative estimate of drug-likeness (QED) is 0.132. The van der Waals surface area contributed by atoms with Crippen LogP contribution >= 0.6 is 17.0 Å². The van der Waals surface area contributed by atoms with Crippen LogP contribution in [0.4, 0.5) is 0 Å². The van der Waals surface area contributed by atoms with Crippen molar-refractivity contribution in [3.05, 3.63) is 81.9 Å². The Morgan fingerprint density at radius 1 is 0.605 bits per heavy atom. The first-order valence-corrected chi connectivity index (χ1v) is 22.6. The summed E-state index contributed by atoms with van der Waals surface area (Å²) in [6.07, 6.45) is 9.75. The van der Waals surface area contributed by atoms with Gasteiger partial charge in [0.2, 0.25) is 0 Å². The molecule has 206 valence electrons. The Morgan fingerprint density at radius 3 is 1.21 bits per heavy atom. The molecule has 0 N–H and O–H groups in total. The van der Waals surface area contributed by atoms with Gasteiger partial charge in [-0.15, -0.1) is 56.9 Å². The summed E-state index contributed by atoms with van der Waals surface area (Å²) >= 11 is -0.826. The van der Waals surface area contributed by atoms with Gasteiger partial charge >= 0.3 is 37.9 Å². The number of fused-ring (bicyclic) bond motifs is 2. The minimum atomic E-state index is -0.826. The third kappa shape index (κ3) is 11.8. The van der Waals surface area contributed by atoms with Crippen LogP contribution in [-0.2, 0) is 46.5 Å². The first kappa shape index (κ1) is 35.4. The molecule has 0 aliphatic rings. The number of rotatable bonds is 8. The second kappa shape index (κ2) is 20.3. The Balaban J connectivity index is 0.000000315. The summed E-state index contributed by atoms with van der Waals surface area (Å²) in [5.74, 6) is 0. The molecule has 0 unspecified atom stereocenters. The molecule has 0 aliphatic heterocycles. The molecule has 0 nitrogen and oxygen atoms in total. The Hall–Kier alpha value is -0.660. The Kier molecular flexibility index (Phi) is 18.8. The summed E-state index contributed by atoms with van der Waals surface area (Å²) in [5.41, 5.74) is 8.86. The molecule has 2 radical (unpaired) electrons. The van der Waals surface area contributed by atoms with E-state index >= 15 is 0 Å². The van der Waals surface area contributed by atoms with Crippen molar-refractivity contribution in [2.24, 2.45) is 0 Å². The summed E-state index contributed by atoms with van der Waals surface area (Å²) in [4.78, 5) is 0. The van der Waals surface area contributed by atoms with E-state index in [1.807, 2.05) is 0 Å². The van der Waals surface area contributed by atoms with Gasteiger partial charge in [-0.3, -0.25) is 0 Å². The van der Waals surface area contributed by atoms with E-state index in [4.69, 9.17) is 17.0 Å². The molecular formula is C34H48Cl2SiZr. The normalized spacial score (nSPS) is 10.2. The van der Waals surface area contributed by atoms with E-state index in [1.54, 1.807) is 0 Å². The van der Waals surface area contributed by atoms with Crippen LogP contribution in [-0.4, -0.2) is 9.52 Å². The van der Waals surface area contributed by atoms with Gasteiger partial charge in [0.15, 0.2) is 0 Å². The molecule has 0 bridgehead atoms. The summed E-state index contributed by atoms with van der Waals surface area (Å²) < 4.78 is 0. The number of aryl methyl sites for hydroxylation is 6. The third-order valence-electron chi connectivity index (χ3n) is 6.34. The molecule has 4 aromatic rings. The van der Waals surface area contributed by atoms with Crippen LogP contribution in [0.2, 0.25) is 13.1 Å². The third-order valence-corrected chi connectivity index (χ3v) is 6.34. The van der Waals surface area contributed by atoms with Crippen molar-refractivity contribution in [1.29, 1.82) is 0 Å². The van der Waals surface area contributed by atoms with Crippen LogP contribution in [0.5, 0.6) is 0 Å². The molecule has 0 saturated heterocycles. The monoisotopic (exact) mass is 644 g/mol. The second-order valence-electron chi connectivity index (χ2n) is 10.2. The topological polar surface area (TPSA) is 0 Å². The van der Waals surface area contributed by atoms with Crippen molar-refractivity contribution in [3.63, 3.8) is 0 Å². The molecule has 4 heteroatoms. The predicted molar refractivity (Wildman–Crippen MR) is 174 cm³/mol. The molecule has 0 amide bonds. The molecule has 0 fully saturated rings. The molecule has 0 aromatic heterocycles. The fourth-order valence-corrected chi connectivity index (χ4v) is 5.05. The van der Waals surface area contributed by atoms with E-state index < -0.39 is 20.8 Å². The van der Waals surface area contributed by atoms with E-state index in [1.165, 1.54) is 106 Å². The summed E-state index contributed by atoms with van der Waals surface area (Å²) in [6, 6.07) is 18.8. The van der Waals surface area contributed by atoms with Crippen LogP contribution in [0.3, 0.4) is 0 Å². The van der Waals surface area contributed by atoms with E-state index in [0.717, 1.165) is 9.52 Å². The summed E-state index contributed by atoms with van der Waals surface area (Å²) in [5, 5.41) is 5.82.